The molecule has 43 heavy (non-hydrogen) atoms. The highest BCUT2D eigenvalue weighted by molar-refractivity contribution is 7.54. The van der Waals surface area contributed by atoms with Gasteiger partial charge in [0.1, 0.15) is 5.69 Å². The van der Waals surface area contributed by atoms with Crippen molar-refractivity contribution in [3.05, 3.63) is 47.7 Å². The average Bonchev–Trinajstić information content (AvgIpc) is 3.40. The summed E-state index contributed by atoms with van der Waals surface area (Å²) in [5, 5.41) is 8.50. The lowest BCUT2D eigenvalue weighted by molar-refractivity contribution is -0.0298. The van der Waals surface area contributed by atoms with E-state index in [0.29, 0.717) is 6.54 Å². The van der Waals surface area contributed by atoms with Gasteiger partial charge < -0.3 is 18.9 Å². The summed E-state index contributed by atoms with van der Waals surface area (Å²) >= 11 is 0. The molecule has 0 atom stereocenters. The van der Waals surface area contributed by atoms with E-state index >= 15 is 0 Å². The van der Waals surface area contributed by atoms with Crippen LogP contribution < -0.4 is 0 Å². The Labute approximate surface area is 254 Å². The first-order valence-electron chi connectivity index (χ1n) is 14.7. The van der Waals surface area contributed by atoms with Crippen molar-refractivity contribution in [3.63, 3.8) is 0 Å². The van der Waals surface area contributed by atoms with Crippen LogP contribution in [0.3, 0.4) is 0 Å². The van der Waals surface area contributed by atoms with Crippen molar-refractivity contribution in [1.29, 1.82) is 0 Å². The van der Waals surface area contributed by atoms with Crippen LogP contribution in [0.15, 0.2) is 42.1 Å². The predicted octanol–water partition coefficient (Wildman–Crippen LogP) is 7.67. The van der Waals surface area contributed by atoms with Gasteiger partial charge in [-0.05, 0) is 53.0 Å². The minimum atomic E-state index is -3.91. The van der Waals surface area contributed by atoms with Crippen LogP contribution in [-0.2, 0) is 45.5 Å². The molecule has 0 aliphatic carbocycles. The van der Waals surface area contributed by atoms with Crippen molar-refractivity contribution in [2.45, 2.75) is 98.8 Å². The maximum atomic E-state index is 13.3. The van der Waals surface area contributed by atoms with Gasteiger partial charge in [0.25, 0.3) is 0 Å². The molecule has 0 aliphatic rings. The molecule has 240 valence electrons. The van der Waals surface area contributed by atoms with Crippen LogP contribution in [0.5, 0.6) is 0 Å². The van der Waals surface area contributed by atoms with Crippen molar-refractivity contribution in [2.24, 2.45) is 0 Å². The number of benzene rings is 1. The zero-order valence-electron chi connectivity index (χ0n) is 26.2. The zero-order valence-corrected chi connectivity index (χ0v) is 27.0. The van der Waals surface area contributed by atoms with Gasteiger partial charge in [0.05, 0.1) is 31.1 Å². The fourth-order valence-electron chi connectivity index (χ4n) is 3.78. The summed E-state index contributed by atoms with van der Waals surface area (Å²) in [6.07, 6.45) is 7.88. The van der Waals surface area contributed by atoms with E-state index in [2.05, 4.69) is 41.5 Å². The highest BCUT2D eigenvalue weighted by Gasteiger charge is 2.26. The molecule has 0 spiro atoms. The van der Waals surface area contributed by atoms with Crippen LogP contribution >= 0.6 is 7.60 Å². The molecule has 0 amide bonds. The van der Waals surface area contributed by atoms with Gasteiger partial charge in [0.2, 0.25) is 13.6 Å². The number of nitrogens with zero attached hydrogens (tertiary/aromatic N) is 3. The van der Waals surface area contributed by atoms with Gasteiger partial charge in [-0.15, -0.1) is 5.10 Å². The summed E-state index contributed by atoms with van der Waals surface area (Å²) in [5.41, 5.74) is 3.82. The Morgan fingerprint density at radius 3 is 2.05 bits per heavy atom. The van der Waals surface area contributed by atoms with E-state index in [4.69, 9.17) is 28.0 Å². The van der Waals surface area contributed by atoms with E-state index < -0.39 is 45.7 Å². The van der Waals surface area contributed by atoms with Crippen LogP contribution in [0.4, 0.5) is 9.59 Å². The minimum Gasteiger partial charge on any atom is -0.432 e. The fraction of sp³-hybridized carbons (Fsp3) is 0.600. The van der Waals surface area contributed by atoms with Crippen LogP contribution in [-0.4, -0.2) is 59.3 Å². The average molecular weight is 624 g/mol. The van der Waals surface area contributed by atoms with Crippen molar-refractivity contribution >= 4 is 19.9 Å². The van der Waals surface area contributed by atoms with Gasteiger partial charge in [-0.25, -0.2) is 14.3 Å². The molecule has 2 rings (SSSR count). The van der Waals surface area contributed by atoms with E-state index in [-0.39, 0.29) is 6.16 Å². The standard InChI is InChI=1S/C30H46N3O9P/c1-7-8-9-10-11-12-26-13-15-27(16-14-26)28-20-33(32-31-28)19-25(6)17-18-43(36,39-21-37-29(34)41-23(2)3)40-22-38-30(35)42-24(4)5/h13-17,20,23-24H,7-12,18-19,21-22H2,1-6H3/b25-17+. The Bertz CT molecular complexity index is 1160. The second-order valence-corrected chi connectivity index (χ2v) is 12.7. The van der Waals surface area contributed by atoms with E-state index in [1.807, 2.05) is 13.1 Å². The zero-order chi connectivity index (χ0) is 31.7. The number of carbonyl (C=O) groups is 2. The molecule has 0 N–H and O–H groups in total. The lowest BCUT2D eigenvalue weighted by Gasteiger charge is -2.18. The predicted molar refractivity (Wildman–Crippen MR) is 161 cm³/mol. The Morgan fingerprint density at radius 2 is 1.49 bits per heavy atom. The second kappa shape index (κ2) is 19.1. The third-order valence-electron chi connectivity index (χ3n) is 5.95. The maximum Gasteiger partial charge on any atom is 0.510 e. The highest BCUT2D eigenvalue weighted by Crippen LogP contribution is 2.48. The fourth-order valence-corrected chi connectivity index (χ4v) is 5.02. The molecule has 2 aromatic rings. The minimum absolute atomic E-state index is 0.189. The number of aryl methyl sites for hydroxylation is 1. The number of hydrogen-bond acceptors (Lipinski definition) is 11. The van der Waals surface area contributed by atoms with Crippen LogP contribution in [0.1, 0.15) is 79.2 Å². The second-order valence-electron chi connectivity index (χ2n) is 10.6. The molecule has 0 unspecified atom stereocenters. The lowest BCUT2D eigenvalue weighted by atomic mass is 10.0. The van der Waals surface area contributed by atoms with Crippen LogP contribution in [0.25, 0.3) is 11.3 Å². The summed E-state index contributed by atoms with van der Waals surface area (Å²) in [6, 6.07) is 8.38. The van der Waals surface area contributed by atoms with Gasteiger partial charge in [0, 0.05) is 5.56 Å². The van der Waals surface area contributed by atoms with Gasteiger partial charge in [0.15, 0.2) is 0 Å². The molecule has 0 saturated heterocycles. The van der Waals surface area contributed by atoms with E-state index in [1.165, 1.54) is 37.7 Å². The van der Waals surface area contributed by atoms with E-state index in [0.717, 1.165) is 23.3 Å². The summed E-state index contributed by atoms with van der Waals surface area (Å²) < 4.78 is 44.8. The summed E-state index contributed by atoms with van der Waals surface area (Å²) in [4.78, 5) is 23.3. The first-order valence-corrected chi connectivity index (χ1v) is 16.4. The summed E-state index contributed by atoms with van der Waals surface area (Å²) in [5.74, 6) is 0. The molecule has 0 bridgehead atoms. The van der Waals surface area contributed by atoms with Crippen LogP contribution in [0, 0.1) is 0 Å². The molecule has 1 aromatic heterocycles. The maximum absolute atomic E-state index is 13.3. The molecule has 1 heterocycles. The highest BCUT2D eigenvalue weighted by atomic mass is 31.2. The topological polar surface area (TPSA) is 137 Å². The third-order valence-corrected chi connectivity index (χ3v) is 7.58. The molecule has 0 fully saturated rings. The van der Waals surface area contributed by atoms with Gasteiger partial charge in [-0.1, -0.05) is 73.7 Å². The Kier molecular flexibility index (Phi) is 16.0. The summed E-state index contributed by atoms with van der Waals surface area (Å²) in [7, 11) is -3.91. The number of allylic oxidation sites excluding steroid dienone is 2. The summed E-state index contributed by atoms with van der Waals surface area (Å²) in [6.45, 7) is 9.67. The van der Waals surface area contributed by atoms with Crippen molar-refractivity contribution in [3.8, 4) is 11.3 Å². The molecular formula is C30H46N3O9P. The molecular weight excluding hydrogens is 577 g/mol. The smallest absolute Gasteiger partial charge is 0.432 e. The van der Waals surface area contributed by atoms with E-state index in [1.54, 1.807) is 38.5 Å². The van der Waals surface area contributed by atoms with Gasteiger partial charge in [-0.3, -0.25) is 13.6 Å². The van der Waals surface area contributed by atoms with E-state index in [9.17, 15) is 14.2 Å². The number of hydrogen-bond donors (Lipinski definition) is 0. The van der Waals surface area contributed by atoms with Gasteiger partial charge in [-0.2, -0.15) is 0 Å². The largest absolute Gasteiger partial charge is 0.510 e. The first-order chi connectivity index (χ1) is 20.5. The first kappa shape index (κ1) is 36.0. The number of rotatable bonds is 19. The molecule has 0 radical (unpaired) electrons. The Morgan fingerprint density at radius 1 is 0.907 bits per heavy atom. The third kappa shape index (κ3) is 15.2. The molecule has 0 aliphatic heterocycles. The monoisotopic (exact) mass is 623 g/mol. The molecule has 12 nitrogen and oxygen atoms in total. The number of ether oxygens (including phenoxy) is 4. The number of carbonyl (C=O) groups excluding carboxylic acids is 2. The quantitative estimate of drug-likeness (QED) is 0.0501. The number of aromatic nitrogens is 3. The molecule has 0 saturated carbocycles. The SMILES string of the molecule is CCCCCCCc1ccc(-c2cn(C/C(C)=C/CP(=O)(OCOC(=O)OC(C)C)OCOC(=O)OC(C)C)nn2)cc1. The van der Waals surface area contributed by atoms with Crippen molar-refractivity contribution in [2.75, 3.05) is 19.7 Å². The Balaban J connectivity index is 1.95. The van der Waals surface area contributed by atoms with Crippen LogP contribution in [0.2, 0.25) is 0 Å². The molecule has 13 heteroatoms. The lowest BCUT2D eigenvalue weighted by Crippen LogP contribution is -2.16. The Hall–Kier alpha value is -3.21. The molecule has 1 aromatic carbocycles. The van der Waals surface area contributed by atoms with Crippen molar-refractivity contribution in [1.82, 2.24) is 15.0 Å². The van der Waals surface area contributed by atoms with Gasteiger partial charge >= 0.3 is 19.9 Å². The normalized spacial score (nSPS) is 12.0. The number of unbranched alkanes of at least 4 members (excludes halogenated alkanes) is 4. The van der Waals surface area contributed by atoms with Crippen molar-refractivity contribution < 1.29 is 42.1 Å².